The summed E-state index contributed by atoms with van der Waals surface area (Å²) in [4.78, 5) is 53.1. The number of esters is 4. The molecule has 54 heavy (non-hydrogen) atoms. The molecule has 0 bridgehead atoms. The van der Waals surface area contributed by atoms with Gasteiger partial charge in [-0.1, -0.05) is 19.9 Å². The first kappa shape index (κ1) is 44.2. The molecule has 4 fully saturated rings. The van der Waals surface area contributed by atoms with Crippen molar-refractivity contribution in [2.24, 2.45) is 45.3 Å². The highest BCUT2D eigenvalue weighted by molar-refractivity contribution is 5.78. The zero-order valence-corrected chi connectivity index (χ0v) is 35.5. The summed E-state index contributed by atoms with van der Waals surface area (Å²) in [5.41, 5.74) is -5.94. The molecule has 2 aliphatic carbocycles. The van der Waals surface area contributed by atoms with Gasteiger partial charge in [-0.25, -0.2) is 0 Å². The molecule has 1 N–H and O–H groups in total. The summed E-state index contributed by atoms with van der Waals surface area (Å²) in [6.07, 6.45) is 6.14. The number of rotatable bonds is 12. The van der Waals surface area contributed by atoms with E-state index < -0.39 is 56.1 Å². The van der Waals surface area contributed by atoms with Crippen LogP contribution in [0.4, 0.5) is 0 Å². The lowest BCUT2D eigenvalue weighted by molar-refractivity contribution is -0.284. The standard InChI is InChI=1S/C43H70O11/c1-15-38(6)20-16-29-40(8,25-33(46)50-13)28(17-21-41(29,9)53-38)37(4,5)35(48)52-26-31(44)43(11)23-19-30-39(7,24-32(45)49-12)27(18-22-42(30,10)54-43)36(2,3)34(47)51-14/h15,27-31,44H,1,16-26H2,2-14H3. The molecule has 2 heterocycles. The molecule has 0 aromatic rings. The maximum atomic E-state index is 14.2. The average Bonchev–Trinajstić information content (AvgIpc) is 3.08. The highest BCUT2D eigenvalue weighted by Gasteiger charge is 2.65. The van der Waals surface area contributed by atoms with Crippen molar-refractivity contribution >= 4 is 23.9 Å². The van der Waals surface area contributed by atoms with Crippen LogP contribution in [0.2, 0.25) is 0 Å². The van der Waals surface area contributed by atoms with Crippen LogP contribution in [0.15, 0.2) is 12.7 Å². The van der Waals surface area contributed by atoms with Gasteiger partial charge in [-0.3, -0.25) is 19.2 Å². The van der Waals surface area contributed by atoms with E-state index in [0.29, 0.717) is 38.5 Å². The van der Waals surface area contributed by atoms with E-state index in [0.717, 1.165) is 12.8 Å². The Morgan fingerprint density at radius 1 is 0.704 bits per heavy atom. The average molecular weight is 763 g/mol. The molecule has 0 amide bonds. The number of ether oxygens (including phenoxy) is 6. The molecule has 0 spiro atoms. The van der Waals surface area contributed by atoms with Gasteiger partial charge in [-0.2, -0.15) is 0 Å². The number of methoxy groups -OCH3 is 3. The molecule has 4 rings (SSSR count). The van der Waals surface area contributed by atoms with Gasteiger partial charge in [0.2, 0.25) is 0 Å². The van der Waals surface area contributed by atoms with Crippen LogP contribution in [0.3, 0.4) is 0 Å². The molecule has 11 nitrogen and oxygen atoms in total. The number of hydrogen-bond acceptors (Lipinski definition) is 11. The van der Waals surface area contributed by atoms with Crippen molar-refractivity contribution < 1.29 is 52.7 Å². The third-order valence-corrected chi connectivity index (χ3v) is 15.3. The number of aliphatic hydroxyl groups excluding tert-OH is 1. The van der Waals surface area contributed by atoms with Crippen LogP contribution in [-0.4, -0.2) is 85.4 Å². The van der Waals surface area contributed by atoms with Crippen LogP contribution in [0, 0.1) is 45.3 Å². The molecule has 2 saturated carbocycles. The van der Waals surface area contributed by atoms with Gasteiger partial charge >= 0.3 is 23.9 Å². The van der Waals surface area contributed by atoms with Crippen LogP contribution in [0.1, 0.15) is 133 Å². The van der Waals surface area contributed by atoms with Crippen LogP contribution in [0.5, 0.6) is 0 Å². The Labute approximate surface area is 323 Å². The number of carbonyl (C=O) groups excluding carboxylic acids is 4. The fourth-order valence-electron chi connectivity index (χ4n) is 12.4. The molecular weight excluding hydrogens is 692 g/mol. The second-order valence-electron chi connectivity index (χ2n) is 19.6. The summed E-state index contributed by atoms with van der Waals surface area (Å²) in [6.45, 7) is 23.4. The van der Waals surface area contributed by atoms with Gasteiger partial charge in [0.15, 0.2) is 0 Å². The van der Waals surface area contributed by atoms with Crippen molar-refractivity contribution in [2.75, 3.05) is 27.9 Å². The predicted molar refractivity (Wildman–Crippen MR) is 203 cm³/mol. The first-order valence-corrected chi connectivity index (χ1v) is 19.9. The molecule has 308 valence electrons. The monoisotopic (exact) mass is 762 g/mol. The van der Waals surface area contributed by atoms with Crippen LogP contribution < -0.4 is 0 Å². The Hall–Kier alpha value is -2.50. The molecule has 11 atom stereocenters. The Morgan fingerprint density at radius 3 is 1.59 bits per heavy atom. The summed E-state index contributed by atoms with van der Waals surface area (Å²) < 4.78 is 35.2. The van der Waals surface area contributed by atoms with E-state index in [4.69, 9.17) is 28.4 Å². The number of hydrogen-bond donors (Lipinski definition) is 1. The van der Waals surface area contributed by atoms with E-state index in [2.05, 4.69) is 20.4 Å². The van der Waals surface area contributed by atoms with Crippen molar-refractivity contribution in [3.8, 4) is 0 Å². The van der Waals surface area contributed by atoms with E-state index in [1.54, 1.807) is 0 Å². The summed E-state index contributed by atoms with van der Waals surface area (Å²) in [5, 5.41) is 11.8. The van der Waals surface area contributed by atoms with Crippen molar-refractivity contribution in [3.63, 3.8) is 0 Å². The maximum Gasteiger partial charge on any atom is 0.311 e. The first-order valence-electron chi connectivity index (χ1n) is 19.9. The maximum absolute atomic E-state index is 14.2. The van der Waals surface area contributed by atoms with Crippen LogP contribution in [0.25, 0.3) is 0 Å². The second kappa shape index (κ2) is 15.1. The summed E-state index contributed by atoms with van der Waals surface area (Å²) in [6, 6.07) is 0. The molecule has 11 unspecified atom stereocenters. The number of fused-ring (bicyclic) bond motifs is 2. The van der Waals surface area contributed by atoms with E-state index >= 15 is 0 Å². The zero-order valence-electron chi connectivity index (χ0n) is 35.5. The molecule has 2 saturated heterocycles. The minimum absolute atomic E-state index is 0.0186. The Morgan fingerprint density at radius 2 is 1.15 bits per heavy atom. The van der Waals surface area contributed by atoms with Gasteiger partial charge in [-0.15, -0.1) is 6.58 Å². The molecule has 2 aliphatic heterocycles. The number of carbonyl (C=O) groups is 4. The van der Waals surface area contributed by atoms with E-state index in [9.17, 15) is 24.3 Å². The molecule has 0 aromatic heterocycles. The second-order valence-corrected chi connectivity index (χ2v) is 19.6. The minimum Gasteiger partial charge on any atom is -0.469 e. The van der Waals surface area contributed by atoms with Crippen LogP contribution in [-0.2, 0) is 47.6 Å². The van der Waals surface area contributed by atoms with Gasteiger partial charge < -0.3 is 33.5 Å². The summed E-state index contributed by atoms with van der Waals surface area (Å²) >= 11 is 0. The van der Waals surface area contributed by atoms with E-state index in [-0.39, 0.29) is 61.0 Å². The summed E-state index contributed by atoms with van der Waals surface area (Å²) in [5.74, 6) is -2.04. The molecule has 0 aromatic carbocycles. The first-order chi connectivity index (χ1) is 24.8. The smallest absolute Gasteiger partial charge is 0.311 e. The van der Waals surface area contributed by atoms with Gasteiger partial charge in [0.1, 0.15) is 12.7 Å². The lowest BCUT2D eigenvalue weighted by Crippen LogP contribution is -2.65. The van der Waals surface area contributed by atoms with Gasteiger partial charge in [0.05, 0.1) is 67.4 Å². The Bertz CT molecular complexity index is 1460. The number of aliphatic hydroxyl groups is 1. The van der Waals surface area contributed by atoms with E-state index in [1.165, 1.54) is 21.3 Å². The van der Waals surface area contributed by atoms with Crippen molar-refractivity contribution in [1.29, 1.82) is 0 Å². The predicted octanol–water partition coefficient (Wildman–Crippen LogP) is 7.15. The van der Waals surface area contributed by atoms with Gasteiger partial charge in [-0.05, 0) is 141 Å². The third-order valence-electron chi connectivity index (χ3n) is 15.3. The molecule has 0 radical (unpaired) electrons. The third kappa shape index (κ3) is 7.63. The zero-order chi connectivity index (χ0) is 40.9. The lowest BCUT2D eigenvalue weighted by Gasteiger charge is -2.63. The normalized spacial score (nSPS) is 40.3. The highest BCUT2D eigenvalue weighted by Crippen LogP contribution is 2.64. The van der Waals surface area contributed by atoms with Crippen molar-refractivity contribution in [3.05, 3.63) is 12.7 Å². The molecular formula is C43H70O11. The molecule has 11 heteroatoms. The van der Waals surface area contributed by atoms with Gasteiger partial charge in [0.25, 0.3) is 0 Å². The Kier molecular flexibility index (Phi) is 12.4. The topological polar surface area (TPSA) is 144 Å². The quantitative estimate of drug-likeness (QED) is 0.123. The fraction of sp³-hybridized carbons (Fsp3) is 0.860. The van der Waals surface area contributed by atoms with Crippen molar-refractivity contribution in [1.82, 2.24) is 0 Å². The lowest BCUT2D eigenvalue weighted by atomic mass is 9.47. The fourth-order valence-corrected chi connectivity index (χ4v) is 12.4. The SMILES string of the molecule is C=CC1(C)CCC2C(C)(CCC(C(C)(C)C(=O)OCC(O)C3(C)CCC4C(C)(CCC(C(C)(C)C(=O)OC)C4(C)CC(=O)OC)O3)C2(C)CC(=O)OC)O1. The highest BCUT2D eigenvalue weighted by atomic mass is 16.6. The van der Waals surface area contributed by atoms with Gasteiger partial charge in [0, 0.05) is 0 Å². The largest absolute Gasteiger partial charge is 0.469 e. The minimum atomic E-state index is -1.13. The Balaban J connectivity index is 1.54. The van der Waals surface area contributed by atoms with Crippen molar-refractivity contribution in [2.45, 2.75) is 162 Å². The summed E-state index contributed by atoms with van der Waals surface area (Å²) in [7, 11) is 4.14. The van der Waals surface area contributed by atoms with E-state index in [1.807, 2.05) is 61.5 Å². The molecule has 4 aliphatic rings. The van der Waals surface area contributed by atoms with Crippen LogP contribution >= 0.6 is 0 Å².